The van der Waals surface area contributed by atoms with Crippen molar-refractivity contribution in [2.24, 2.45) is 5.41 Å². The molecule has 2 nitrogen and oxygen atoms in total. The minimum absolute atomic E-state index is 0.0772. The largest absolute Gasteiger partial charge is 0.239 e. The maximum atomic E-state index is 11.2. The van der Waals surface area contributed by atoms with Gasteiger partial charge in [0.15, 0.2) is 0 Å². The molecule has 0 amide bonds. The molecule has 14 heavy (non-hydrogen) atoms. The van der Waals surface area contributed by atoms with Gasteiger partial charge in [0, 0.05) is 22.5 Å². The van der Waals surface area contributed by atoms with Crippen molar-refractivity contribution in [1.29, 1.82) is 0 Å². The van der Waals surface area contributed by atoms with Crippen LogP contribution in [0.25, 0.3) is 0 Å². The second-order valence-corrected chi connectivity index (χ2v) is 7.81. The Kier molecular flexibility index (Phi) is 2.91. The molecule has 0 aromatic rings. The van der Waals surface area contributed by atoms with Crippen LogP contribution in [0.1, 0.15) is 40.0 Å². The monoisotopic (exact) mass is 234 g/mol. The fraction of sp³-hybridized carbons (Fsp3) is 0.800. The van der Waals surface area contributed by atoms with Crippen LogP contribution in [-0.4, -0.2) is 13.2 Å². The van der Waals surface area contributed by atoms with E-state index in [1.54, 1.807) is 0 Å². The molecule has 1 fully saturated rings. The first kappa shape index (κ1) is 11.9. The molecule has 0 N–H and O–H groups in total. The zero-order valence-electron chi connectivity index (χ0n) is 8.72. The summed E-state index contributed by atoms with van der Waals surface area (Å²) in [6.07, 6.45) is 1.67. The first-order valence-corrected chi connectivity index (χ1v) is 6.92. The summed E-state index contributed by atoms with van der Waals surface area (Å²) in [6, 6.07) is 0. The molecule has 0 radical (unpaired) electrons. The fourth-order valence-electron chi connectivity index (χ4n) is 1.12. The second-order valence-electron chi connectivity index (χ2n) is 4.85. The Morgan fingerprint density at radius 1 is 1.36 bits per heavy atom. The number of hydrogen-bond donors (Lipinski definition) is 0. The molecular weight excluding hydrogens is 220 g/mol. The summed E-state index contributed by atoms with van der Waals surface area (Å²) in [4.78, 5) is 0. The van der Waals surface area contributed by atoms with Gasteiger partial charge in [-0.05, 0) is 33.6 Å². The van der Waals surface area contributed by atoms with Gasteiger partial charge in [-0.2, -0.15) is 0 Å². The van der Waals surface area contributed by atoms with Crippen molar-refractivity contribution in [2.45, 2.75) is 44.8 Å². The Morgan fingerprint density at radius 3 is 2.14 bits per heavy atom. The van der Waals surface area contributed by atoms with Gasteiger partial charge < -0.3 is 0 Å². The van der Waals surface area contributed by atoms with Gasteiger partial charge in [0.05, 0.1) is 4.75 Å². The molecule has 4 heteroatoms. The van der Waals surface area contributed by atoms with Crippen molar-refractivity contribution in [3.05, 3.63) is 0 Å². The maximum absolute atomic E-state index is 11.2. The predicted octanol–water partition coefficient (Wildman–Crippen LogP) is 2.53. The normalized spacial score (nSPS) is 19.7. The lowest BCUT2D eigenvalue weighted by Crippen LogP contribution is -2.16. The van der Waals surface area contributed by atoms with E-state index in [1.165, 1.54) is 0 Å². The van der Waals surface area contributed by atoms with Crippen LogP contribution in [0, 0.1) is 17.3 Å². The highest BCUT2D eigenvalue weighted by Crippen LogP contribution is 2.48. The predicted molar refractivity (Wildman–Crippen MR) is 58.6 cm³/mol. The highest BCUT2D eigenvalue weighted by atomic mass is 35.7. The zero-order chi connectivity index (χ0) is 11.0. The van der Waals surface area contributed by atoms with Crippen molar-refractivity contribution in [1.82, 2.24) is 0 Å². The third kappa shape index (κ3) is 2.90. The van der Waals surface area contributed by atoms with Crippen LogP contribution in [0.15, 0.2) is 0 Å². The molecule has 1 aliphatic rings. The van der Waals surface area contributed by atoms with Crippen molar-refractivity contribution >= 4 is 19.7 Å². The summed E-state index contributed by atoms with van der Waals surface area (Å²) >= 11 is 0. The second kappa shape index (κ2) is 3.43. The lowest BCUT2D eigenvalue weighted by atomic mass is 9.98. The lowest BCUT2D eigenvalue weighted by Gasteiger charge is -2.09. The van der Waals surface area contributed by atoms with Gasteiger partial charge in [-0.15, -0.1) is 5.92 Å². The van der Waals surface area contributed by atoms with Crippen LogP contribution < -0.4 is 0 Å². The Bertz CT molecular complexity index is 375. The molecule has 0 heterocycles. The van der Waals surface area contributed by atoms with E-state index in [2.05, 4.69) is 11.8 Å². The summed E-state index contributed by atoms with van der Waals surface area (Å²) in [7, 11) is 1.90. The molecular formula is C10H15ClO2S. The summed E-state index contributed by atoms with van der Waals surface area (Å²) in [5.41, 5.74) is -0.0772. The first-order valence-electron chi connectivity index (χ1n) is 4.61. The molecule has 0 saturated heterocycles. The van der Waals surface area contributed by atoms with Gasteiger partial charge in [0.25, 0.3) is 0 Å². The maximum Gasteiger partial charge on any atom is 0.239 e. The van der Waals surface area contributed by atoms with E-state index in [0.717, 1.165) is 0 Å². The van der Waals surface area contributed by atoms with Crippen LogP contribution in [-0.2, 0) is 9.05 Å². The van der Waals surface area contributed by atoms with Gasteiger partial charge in [-0.3, -0.25) is 0 Å². The summed E-state index contributed by atoms with van der Waals surface area (Å²) in [5.74, 6) is 5.94. The molecule has 0 unspecified atom stereocenters. The van der Waals surface area contributed by atoms with Gasteiger partial charge in [-0.1, -0.05) is 5.92 Å². The molecule has 0 atom stereocenters. The van der Waals surface area contributed by atoms with Gasteiger partial charge in [0.2, 0.25) is 9.05 Å². The lowest BCUT2D eigenvalue weighted by molar-refractivity contribution is 0.568. The van der Waals surface area contributed by atoms with Gasteiger partial charge in [-0.25, -0.2) is 8.42 Å². The third-order valence-corrected chi connectivity index (χ3v) is 4.77. The van der Waals surface area contributed by atoms with Crippen LogP contribution in [0.2, 0.25) is 0 Å². The quantitative estimate of drug-likeness (QED) is 0.544. The number of rotatable bonds is 2. The summed E-state index contributed by atoms with van der Waals surface area (Å²) in [5, 5.41) is 0. The summed E-state index contributed by atoms with van der Waals surface area (Å²) < 4.78 is 21.6. The molecule has 0 aromatic heterocycles. The Labute approximate surface area is 90.4 Å². The number of hydrogen-bond acceptors (Lipinski definition) is 2. The minimum atomic E-state index is -3.44. The topological polar surface area (TPSA) is 34.1 Å². The Balaban J connectivity index is 2.67. The van der Waals surface area contributed by atoms with Crippen molar-refractivity contribution in [3.63, 3.8) is 0 Å². The molecule has 0 aliphatic heterocycles. The van der Waals surface area contributed by atoms with E-state index in [1.807, 2.05) is 20.8 Å². The molecule has 1 aliphatic carbocycles. The van der Waals surface area contributed by atoms with Gasteiger partial charge >= 0.3 is 0 Å². The van der Waals surface area contributed by atoms with E-state index in [4.69, 9.17) is 10.7 Å². The molecule has 1 rings (SSSR count). The van der Waals surface area contributed by atoms with Crippen LogP contribution in [0.3, 0.4) is 0 Å². The fourth-order valence-corrected chi connectivity index (χ4v) is 2.58. The van der Waals surface area contributed by atoms with E-state index < -0.39 is 13.8 Å². The first-order chi connectivity index (χ1) is 6.16. The summed E-state index contributed by atoms with van der Waals surface area (Å²) in [6.45, 7) is 5.98. The van der Waals surface area contributed by atoms with Gasteiger partial charge in [0.1, 0.15) is 0 Å². The smallest absolute Gasteiger partial charge is 0.212 e. The molecule has 0 aromatic carbocycles. The van der Waals surface area contributed by atoms with Crippen LogP contribution in [0.4, 0.5) is 0 Å². The zero-order valence-corrected chi connectivity index (χ0v) is 10.3. The molecule has 80 valence electrons. The average molecular weight is 235 g/mol. The van der Waals surface area contributed by atoms with Crippen molar-refractivity contribution in [2.75, 3.05) is 0 Å². The molecule has 1 saturated carbocycles. The van der Waals surface area contributed by atoms with E-state index in [0.29, 0.717) is 19.3 Å². The van der Waals surface area contributed by atoms with Crippen LogP contribution >= 0.6 is 10.7 Å². The van der Waals surface area contributed by atoms with Crippen molar-refractivity contribution in [3.8, 4) is 11.8 Å². The van der Waals surface area contributed by atoms with E-state index in [-0.39, 0.29) is 5.41 Å². The Morgan fingerprint density at radius 2 is 1.86 bits per heavy atom. The number of halogens is 1. The average Bonchev–Trinajstić information content (AvgIpc) is 2.63. The molecule has 0 spiro atoms. The highest BCUT2D eigenvalue weighted by Gasteiger charge is 2.53. The highest BCUT2D eigenvalue weighted by molar-refractivity contribution is 8.15. The van der Waals surface area contributed by atoms with E-state index in [9.17, 15) is 8.42 Å². The standard InChI is InChI=1S/C10H15ClO2S/c1-9(2,3)5-4-6-10(7-8-10)14(11,12)13/h6-8H2,1-3H3. The Hall–Kier alpha value is -0.200. The minimum Gasteiger partial charge on any atom is -0.212 e. The third-order valence-electron chi connectivity index (χ3n) is 2.20. The molecule has 0 bridgehead atoms. The SMILES string of the molecule is CC(C)(C)C#CCC1(S(=O)(=O)Cl)CC1. The van der Waals surface area contributed by atoms with Crippen LogP contribution in [0.5, 0.6) is 0 Å². The van der Waals surface area contributed by atoms with Crippen molar-refractivity contribution < 1.29 is 8.42 Å². The van der Waals surface area contributed by atoms with E-state index >= 15 is 0 Å².